The molecule has 7 heteroatoms. The summed E-state index contributed by atoms with van der Waals surface area (Å²) in [5.41, 5.74) is 0.894. The Bertz CT molecular complexity index is 650. The molecule has 0 spiro atoms. The number of halogens is 2. The first-order valence-electron chi connectivity index (χ1n) is 6.07. The number of carbonyl (C=O) groups excluding carboxylic acids is 2. The van der Waals surface area contributed by atoms with Crippen LogP contribution >= 0.6 is 23.2 Å². The van der Waals surface area contributed by atoms with Crippen LogP contribution in [0.1, 0.15) is 32.6 Å². The van der Waals surface area contributed by atoms with Gasteiger partial charge in [0, 0.05) is 22.2 Å². The molecule has 110 valence electrons. The molecule has 0 radical (unpaired) electrons. The maximum atomic E-state index is 11.8. The highest BCUT2D eigenvalue weighted by Gasteiger charge is 2.17. The highest BCUT2D eigenvalue weighted by molar-refractivity contribution is 6.36. The Morgan fingerprint density at radius 3 is 2.52 bits per heavy atom. The molecule has 1 aromatic heterocycles. The first-order valence-corrected chi connectivity index (χ1v) is 6.83. The molecule has 1 unspecified atom stereocenters. The molecule has 0 aliphatic carbocycles. The second kappa shape index (κ2) is 6.76. The molecule has 1 atom stereocenters. The zero-order valence-corrected chi connectivity index (χ0v) is 12.3. The molecule has 0 fully saturated rings. The average molecular weight is 327 g/mol. The predicted octanol–water partition coefficient (Wildman–Crippen LogP) is 2.60. The molecule has 3 N–H and O–H groups in total. The van der Waals surface area contributed by atoms with Crippen LogP contribution in [0.5, 0.6) is 0 Å². The van der Waals surface area contributed by atoms with Crippen molar-refractivity contribution in [2.75, 3.05) is 6.54 Å². The summed E-state index contributed by atoms with van der Waals surface area (Å²) in [4.78, 5) is 25.0. The Hall–Kier alpha value is -1.82. The van der Waals surface area contributed by atoms with Crippen molar-refractivity contribution in [2.24, 2.45) is 0 Å². The fourth-order valence-electron chi connectivity index (χ4n) is 1.83. The molecule has 5 nitrogen and oxygen atoms in total. The van der Waals surface area contributed by atoms with E-state index in [4.69, 9.17) is 23.2 Å². The number of aromatic nitrogens is 1. The van der Waals surface area contributed by atoms with E-state index in [9.17, 15) is 14.7 Å². The SMILES string of the molecule is O=Cc1ccc(C(=O)NCC(O)c2c(Cl)cccc2Cl)[nH]1. The lowest BCUT2D eigenvalue weighted by molar-refractivity contribution is 0.0912. The number of aromatic amines is 1. The van der Waals surface area contributed by atoms with Gasteiger partial charge >= 0.3 is 0 Å². The summed E-state index contributed by atoms with van der Waals surface area (Å²) in [6.45, 7) is -0.0578. The second-order valence-corrected chi connectivity index (χ2v) is 5.12. The quantitative estimate of drug-likeness (QED) is 0.738. The minimum absolute atomic E-state index is 0.0578. The van der Waals surface area contributed by atoms with Gasteiger partial charge in [-0.1, -0.05) is 29.3 Å². The van der Waals surface area contributed by atoms with E-state index in [-0.39, 0.29) is 12.2 Å². The molecule has 1 heterocycles. The van der Waals surface area contributed by atoms with Crippen molar-refractivity contribution >= 4 is 35.4 Å². The van der Waals surface area contributed by atoms with Crippen LogP contribution in [0.15, 0.2) is 30.3 Å². The number of hydrogen-bond acceptors (Lipinski definition) is 3. The number of carbonyl (C=O) groups is 2. The van der Waals surface area contributed by atoms with E-state index in [0.29, 0.717) is 27.6 Å². The third-order valence-corrected chi connectivity index (χ3v) is 3.53. The topological polar surface area (TPSA) is 82.2 Å². The van der Waals surface area contributed by atoms with Gasteiger partial charge in [0.2, 0.25) is 0 Å². The Labute approximate surface area is 130 Å². The lowest BCUT2D eigenvalue weighted by Gasteiger charge is -2.15. The number of hydrogen-bond donors (Lipinski definition) is 3. The zero-order chi connectivity index (χ0) is 15.4. The minimum atomic E-state index is -1.03. The standard InChI is InChI=1S/C14H12Cl2N2O3/c15-9-2-1-3-10(16)13(9)12(20)6-17-14(21)11-5-4-8(7-19)18-11/h1-5,7,12,18,20H,6H2,(H,17,21). The molecular formula is C14H12Cl2N2O3. The van der Waals surface area contributed by atoms with E-state index in [2.05, 4.69) is 10.3 Å². The molecule has 0 aliphatic rings. The summed E-state index contributed by atoms with van der Waals surface area (Å²) in [5.74, 6) is -0.440. The largest absolute Gasteiger partial charge is 0.386 e. The number of amides is 1. The van der Waals surface area contributed by atoms with E-state index >= 15 is 0 Å². The van der Waals surface area contributed by atoms with E-state index in [1.807, 2.05) is 0 Å². The van der Waals surface area contributed by atoms with Crippen molar-refractivity contribution in [2.45, 2.75) is 6.10 Å². The van der Waals surface area contributed by atoms with E-state index in [0.717, 1.165) is 0 Å². The maximum Gasteiger partial charge on any atom is 0.267 e. The summed E-state index contributed by atoms with van der Waals surface area (Å²) in [5, 5.41) is 13.3. The van der Waals surface area contributed by atoms with Gasteiger partial charge in [-0.25, -0.2) is 0 Å². The molecule has 2 aromatic rings. The Balaban J connectivity index is 2.02. The monoisotopic (exact) mass is 326 g/mol. The fourth-order valence-corrected chi connectivity index (χ4v) is 2.48. The highest BCUT2D eigenvalue weighted by Crippen LogP contribution is 2.29. The first kappa shape index (κ1) is 15.6. The lowest BCUT2D eigenvalue weighted by Crippen LogP contribution is -2.28. The average Bonchev–Trinajstić information content (AvgIpc) is 2.93. The Kier molecular flexibility index (Phi) is 5.01. The fraction of sp³-hybridized carbons (Fsp3) is 0.143. The van der Waals surface area contributed by atoms with Gasteiger partial charge in [-0.15, -0.1) is 0 Å². The van der Waals surface area contributed by atoms with Crippen LogP contribution in [0.4, 0.5) is 0 Å². The van der Waals surface area contributed by atoms with Gasteiger partial charge in [-0.05, 0) is 24.3 Å². The molecule has 0 bridgehead atoms. The number of benzene rings is 1. The molecule has 0 aliphatic heterocycles. The molecule has 2 rings (SSSR count). The zero-order valence-electron chi connectivity index (χ0n) is 10.8. The van der Waals surface area contributed by atoms with Crippen LogP contribution in [-0.4, -0.2) is 28.8 Å². The summed E-state index contributed by atoms with van der Waals surface area (Å²) < 4.78 is 0. The van der Waals surface area contributed by atoms with Crippen molar-refractivity contribution in [3.63, 3.8) is 0 Å². The van der Waals surface area contributed by atoms with Crippen molar-refractivity contribution < 1.29 is 14.7 Å². The van der Waals surface area contributed by atoms with Gasteiger partial charge in [-0.3, -0.25) is 9.59 Å². The van der Waals surface area contributed by atoms with Crippen LogP contribution < -0.4 is 5.32 Å². The van der Waals surface area contributed by atoms with Gasteiger partial charge in [0.05, 0.1) is 11.8 Å². The van der Waals surface area contributed by atoms with Crippen molar-refractivity contribution in [1.82, 2.24) is 10.3 Å². The molecule has 0 saturated carbocycles. The van der Waals surface area contributed by atoms with E-state index < -0.39 is 12.0 Å². The van der Waals surface area contributed by atoms with Crippen LogP contribution in [0.25, 0.3) is 0 Å². The van der Waals surface area contributed by atoms with Crippen LogP contribution in [0.3, 0.4) is 0 Å². The summed E-state index contributed by atoms with van der Waals surface area (Å²) >= 11 is 12.0. The van der Waals surface area contributed by atoms with E-state index in [1.54, 1.807) is 18.2 Å². The van der Waals surface area contributed by atoms with Gasteiger partial charge in [-0.2, -0.15) is 0 Å². The minimum Gasteiger partial charge on any atom is -0.386 e. The molecule has 0 saturated heterocycles. The molecular weight excluding hydrogens is 315 g/mol. The number of nitrogens with one attached hydrogen (secondary N) is 2. The smallest absolute Gasteiger partial charge is 0.267 e. The number of aldehydes is 1. The number of rotatable bonds is 5. The Morgan fingerprint density at radius 2 is 1.95 bits per heavy atom. The van der Waals surface area contributed by atoms with Gasteiger partial charge in [0.15, 0.2) is 6.29 Å². The summed E-state index contributed by atoms with van der Waals surface area (Å²) in [7, 11) is 0. The predicted molar refractivity (Wildman–Crippen MR) is 79.9 cm³/mol. The number of aliphatic hydroxyl groups is 1. The third-order valence-electron chi connectivity index (χ3n) is 2.87. The maximum absolute atomic E-state index is 11.8. The normalized spacial score (nSPS) is 12.0. The highest BCUT2D eigenvalue weighted by atomic mass is 35.5. The van der Waals surface area contributed by atoms with Gasteiger partial charge in [0.1, 0.15) is 5.69 Å². The van der Waals surface area contributed by atoms with Crippen molar-refractivity contribution in [3.8, 4) is 0 Å². The van der Waals surface area contributed by atoms with Gasteiger partial charge in [0.25, 0.3) is 5.91 Å². The first-order chi connectivity index (χ1) is 10.0. The molecule has 1 aromatic carbocycles. The van der Waals surface area contributed by atoms with Gasteiger partial charge < -0.3 is 15.4 Å². The summed E-state index contributed by atoms with van der Waals surface area (Å²) in [6, 6.07) is 7.85. The third kappa shape index (κ3) is 3.64. The van der Waals surface area contributed by atoms with Crippen LogP contribution in [0, 0.1) is 0 Å². The van der Waals surface area contributed by atoms with Crippen molar-refractivity contribution in [1.29, 1.82) is 0 Å². The second-order valence-electron chi connectivity index (χ2n) is 4.31. The number of H-pyrrole nitrogens is 1. The molecule has 1 amide bonds. The van der Waals surface area contributed by atoms with Crippen LogP contribution in [0.2, 0.25) is 10.0 Å². The lowest BCUT2D eigenvalue weighted by atomic mass is 10.1. The van der Waals surface area contributed by atoms with E-state index in [1.165, 1.54) is 12.1 Å². The van der Waals surface area contributed by atoms with Crippen LogP contribution in [-0.2, 0) is 0 Å². The van der Waals surface area contributed by atoms with Crippen molar-refractivity contribution in [3.05, 3.63) is 57.3 Å². The Morgan fingerprint density at radius 1 is 1.29 bits per heavy atom. The summed E-state index contributed by atoms with van der Waals surface area (Å²) in [6.07, 6.45) is -0.426. The molecule has 21 heavy (non-hydrogen) atoms. The number of aliphatic hydroxyl groups excluding tert-OH is 1.